The summed E-state index contributed by atoms with van der Waals surface area (Å²) in [5, 5.41) is 12.3. The number of ether oxygens (including phenoxy) is 1. The number of carbonyl (C=O) groups is 1. The van der Waals surface area contributed by atoms with Crippen molar-refractivity contribution in [3.05, 3.63) is 59.9 Å². The van der Waals surface area contributed by atoms with Crippen molar-refractivity contribution in [2.75, 3.05) is 0 Å². The molecular formula is C22H24N4O2. The van der Waals surface area contributed by atoms with Crippen LogP contribution >= 0.6 is 0 Å². The highest BCUT2D eigenvalue weighted by Gasteiger charge is 2.26. The zero-order valence-corrected chi connectivity index (χ0v) is 16.3. The summed E-state index contributed by atoms with van der Waals surface area (Å²) in [5.41, 5.74) is 2.21. The number of hydrogen-bond donors (Lipinski definition) is 2. The smallest absolute Gasteiger partial charge is 0.261 e. The number of aromatic nitrogens is 2. The zero-order chi connectivity index (χ0) is 20.1. The number of aromatic amines is 1. The molecule has 0 aliphatic heterocycles. The molecule has 28 heavy (non-hydrogen) atoms. The SMILES string of the molecule is CCC(C)C(NC(=O)C(C)Oc1ccccc1C#N)c1nc2ccccc2[nH]1. The molecule has 0 spiro atoms. The minimum Gasteiger partial charge on any atom is -0.480 e. The molecule has 0 fully saturated rings. The Labute approximate surface area is 164 Å². The summed E-state index contributed by atoms with van der Waals surface area (Å²) in [5.74, 6) is 1.06. The lowest BCUT2D eigenvalue weighted by molar-refractivity contribution is -0.128. The van der Waals surface area contributed by atoms with Crippen LogP contribution in [0.4, 0.5) is 0 Å². The average molecular weight is 376 g/mol. The van der Waals surface area contributed by atoms with Crippen LogP contribution in [-0.2, 0) is 4.79 Å². The molecule has 2 aromatic carbocycles. The Morgan fingerprint density at radius 2 is 1.93 bits per heavy atom. The number of hydrogen-bond acceptors (Lipinski definition) is 4. The van der Waals surface area contributed by atoms with Gasteiger partial charge in [0.25, 0.3) is 5.91 Å². The summed E-state index contributed by atoms with van der Waals surface area (Å²) in [7, 11) is 0. The minimum absolute atomic E-state index is 0.183. The predicted molar refractivity (Wildman–Crippen MR) is 108 cm³/mol. The third-order valence-corrected chi connectivity index (χ3v) is 4.89. The third kappa shape index (κ3) is 4.15. The first-order valence-corrected chi connectivity index (χ1v) is 9.44. The van der Waals surface area contributed by atoms with E-state index in [0.717, 1.165) is 23.3 Å². The van der Waals surface area contributed by atoms with E-state index in [1.54, 1.807) is 31.2 Å². The number of nitrogens with zero attached hydrogens (tertiary/aromatic N) is 2. The summed E-state index contributed by atoms with van der Waals surface area (Å²) in [4.78, 5) is 20.8. The Hall–Kier alpha value is -3.33. The predicted octanol–water partition coefficient (Wildman–Crippen LogP) is 4.11. The van der Waals surface area contributed by atoms with Gasteiger partial charge in [-0.1, -0.05) is 44.5 Å². The first-order valence-electron chi connectivity index (χ1n) is 9.44. The molecule has 3 atom stereocenters. The van der Waals surface area contributed by atoms with E-state index in [-0.39, 0.29) is 17.9 Å². The van der Waals surface area contributed by atoms with E-state index in [1.807, 2.05) is 24.3 Å². The Morgan fingerprint density at radius 3 is 2.64 bits per heavy atom. The zero-order valence-electron chi connectivity index (χ0n) is 16.3. The van der Waals surface area contributed by atoms with E-state index >= 15 is 0 Å². The molecule has 1 amide bonds. The molecule has 0 aliphatic carbocycles. The highest BCUT2D eigenvalue weighted by Crippen LogP contribution is 2.25. The highest BCUT2D eigenvalue weighted by molar-refractivity contribution is 5.81. The van der Waals surface area contributed by atoms with Crippen LogP contribution in [0.2, 0.25) is 0 Å². The van der Waals surface area contributed by atoms with Crippen LogP contribution in [0, 0.1) is 17.2 Å². The van der Waals surface area contributed by atoms with Gasteiger partial charge in [-0.3, -0.25) is 4.79 Å². The lowest BCUT2D eigenvalue weighted by Crippen LogP contribution is -2.41. The quantitative estimate of drug-likeness (QED) is 0.649. The number of rotatable bonds is 7. The molecule has 3 unspecified atom stereocenters. The normalized spacial score (nSPS) is 14.1. The second-order valence-electron chi connectivity index (χ2n) is 6.88. The highest BCUT2D eigenvalue weighted by atomic mass is 16.5. The van der Waals surface area contributed by atoms with Crippen molar-refractivity contribution in [2.24, 2.45) is 5.92 Å². The summed E-state index contributed by atoms with van der Waals surface area (Å²) < 4.78 is 5.74. The maximum absolute atomic E-state index is 12.8. The van der Waals surface area contributed by atoms with Crippen LogP contribution in [0.3, 0.4) is 0 Å². The van der Waals surface area contributed by atoms with Gasteiger partial charge in [-0.2, -0.15) is 5.26 Å². The largest absolute Gasteiger partial charge is 0.480 e. The van der Waals surface area contributed by atoms with Crippen LogP contribution in [0.25, 0.3) is 11.0 Å². The maximum Gasteiger partial charge on any atom is 0.261 e. The van der Waals surface area contributed by atoms with Crippen molar-refractivity contribution in [2.45, 2.75) is 39.3 Å². The molecule has 3 aromatic rings. The van der Waals surface area contributed by atoms with E-state index in [4.69, 9.17) is 4.74 Å². The van der Waals surface area contributed by atoms with Crippen LogP contribution < -0.4 is 10.1 Å². The molecule has 6 heteroatoms. The Balaban J connectivity index is 1.78. The van der Waals surface area contributed by atoms with E-state index in [9.17, 15) is 10.1 Å². The molecule has 1 heterocycles. The van der Waals surface area contributed by atoms with Gasteiger partial charge in [-0.15, -0.1) is 0 Å². The second kappa shape index (κ2) is 8.57. The van der Waals surface area contributed by atoms with Crippen LogP contribution in [0.15, 0.2) is 48.5 Å². The molecule has 0 saturated heterocycles. The molecule has 6 nitrogen and oxygen atoms in total. The molecular weight excluding hydrogens is 352 g/mol. The molecule has 0 radical (unpaired) electrons. The number of imidazole rings is 1. The van der Waals surface area contributed by atoms with E-state index in [0.29, 0.717) is 11.3 Å². The number of nitriles is 1. The number of benzene rings is 2. The standard InChI is InChI=1S/C22H24N4O2/c1-4-14(2)20(21-24-17-10-6-7-11-18(17)25-21)26-22(27)15(3)28-19-12-8-5-9-16(19)13-23/h5-12,14-15,20H,4H2,1-3H3,(H,24,25)(H,26,27). The Kier molecular flexibility index (Phi) is 5.95. The number of para-hydroxylation sites is 3. The van der Waals surface area contributed by atoms with Gasteiger partial charge in [0.1, 0.15) is 17.6 Å². The fourth-order valence-corrected chi connectivity index (χ4v) is 3.01. The van der Waals surface area contributed by atoms with E-state index in [2.05, 4.69) is 35.2 Å². The molecule has 1 aromatic heterocycles. The van der Waals surface area contributed by atoms with Gasteiger partial charge in [0, 0.05) is 0 Å². The Morgan fingerprint density at radius 1 is 1.21 bits per heavy atom. The number of amides is 1. The van der Waals surface area contributed by atoms with Crippen LogP contribution in [-0.4, -0.2) is 22.0 Å². The molecule has 0 aliphatic rings. The maximum atomic E-state index is 12.8. The number of fused-ring (bicyclic) bond motifs is 1. The summed E-state index contributed by atoms with van der Waals surface area (Å²) >= 11 is 0. The van der Waals surface area contributed by atoms with Crippen molar-refractivity contribution in [1.82, 2.24) is 15.3 Å². The molecule has 3 rings (SSSR count). The average Bonchev–Trinajstić information content (AvgIpc) is 3.15. The third-order valence-electron chi connectivity index (χ3n) is 4.89. The van der Waals surface area contributed by atoms with Gasteiger partial charge in [0.15, 0.2) is 6.10 Å². The number of carbonyl (C=O) groups excluding carboxylic acids is 1. The second-order valence-corrected chi connectivity index (χ2v) is 6.88. The molecule has 0 bridgehead atoms. The summed E-state index contributed by atoms with van der Waals surface area (Å²) in [6.07, 6.45) is 0.138. The van der Waals surface area contributed by atoms with Gasteiger partial charge in [0.05, 0.1) is 22.6 Å². The fraction of sp³-hybridized carbons (Fsp3) is 0.318. The summed E-state index contributed by atoms with van der Waals surface area (Å²) in [6, 6.07) is 16.5. The van der Waals surface area contributed by atoms with Crippen molar-refractivity contribution >= 4 is 16.9 Å². The van der Waals surface area contributed by atoms with Crippen LogP contribution in [0.1, 0.15) is 44.6 Å². The summed E-state index contributed by atoms with van der Waals surface area (Å²) in [6.45, 7) is 5.83. The van der Waals surface area contributed by atoms with E-state index < -0.39 is 6.10 Å². The van der Waals surface area contributed by atoms with Crippen molar-refractivity contribution in [1.29, 1.82) is 5.26 Å². The fourth-order valence-electron chi connectivity index (χ4n) is 3.01. The monoisotopic (exact) mass is 376 g/mol. The molecule has 0 saturated carbocycles. The van der Waals surface area contributed by atoms with Crippen molar-refractivity contribution in [3.63, 3.8) is 0 Å². The van der Waals surface area contributed by atoms with E-state index in [1.165, 1.54) is 0 Å². The van der Waals surface area contributed by atoms with Gasteiger partial charge in [0.2, 0.25) is 0 Å². The molecule has 144 valence electrons. The topological polar surface area (TPSA) is 90.8 Å². The van der Waals surface area contributed by atoms with Crippen molar-refractivity contribution in [3.8, 4) is 11.8 Å². The van der Waals surface area contributed by atoms with Crippen molar-refractivity contribution < 1.29 is 9.53 Å². The number of nitrogens with one attached hydrogen (secondary N) is 2. The minimum atomic E-state index is -0.745. The van der Waals surface area contributed by atoms with Gasteiger partial charge in [-0.25, -0.2) is 4.98 Å². The first kappa shape index (κ1) is 19.4. The lowest BCUT2D eigenvalue weighted by Gasteiger charge is -2.24. The lowest BCUT2D eigenvalue weighted by atomic mass is 9.98. The molecule has 2 N–H and O–H groups in total. The Bertz CT molecular complexity index is 972. The van der Waals surface area contributed by atoms with Gasteiger partial charge in [-0.05, 0) is 37.1 Å². The van der Waals surface area contributed by atoms with Gasteiger partial charge < -0.3 is 15.0 Å². The first-order chi connectivity index (χ1) is 13.5. The number of H-pyrrole nitrogens is 1. The van der Waals surface area contributed by atoms with Gasteiger partial charge >= 0.3 is 0 Å². The van der Waals surface area contributed by atoms with Crippen LogP contribution in [0.5, 0.6) is 5.75 Å².